The topological polar surface area (TPSA) is 0 Å². The minimum Gasteiger partial charge on any atom is -0.0727 e. The van der Waals surface area contributed by atoms with Crippen LogP contribution >= 0.6 is 0 Å². The van der Waals surface area contributed by atoms with Gasteiger partial charge in [-0.05, 0) is 19.4 Å². The van der Waals surface area contributed by atoms with E-state index in [4.69, 9.17) is 0 Å². The van der Waals surface area contributed by atoms with E-state index in [0.717, 1.165) is 0 Å². The predicted molar refractivity (Wildman–Crippen MR) is 56.7 cm³/mol. The SMILES string of the molecule is CC1=C(C)C(c2ccccc2)C=C1. The van der Waals surface area contributed by atoms with Gasteiger partial charge < -0.3 is 0 Å². The van der Waals surface area contributed by atoms with E-state index in [0.29, 0.717) is 5.92 Å². The first-order valence-electron chi connectivity index (χ1n) is 4.69. The molecule has 0 N–H and O–H groups in total. The molecular formula is C13H14. The van der Waals surface area contributed by atoms with Crippen molar-refractivity contribution in [2.45, 2.75) is 19.8 Å². The van der Waals surface area contributed by atoms with Gasteiger partial charge in [0, 0.05) is 5.92 Å². The molecule has 1 aliphatic rings. The molecule has 0 heterocycles. The van der Waals surface area contributed by atoms with E-state index >= 15 is 0 Å². The van der Waals surface area contributed by atoms with E-state index in [2.05, 4.69) is 56.3 Å². The number of allylic oxidation sites excluding steroid dienone is 4. The van der Waals surface area contributed by atoms with Crippen LogP contribution in [0.4, 0.5) is 0 Å². The van der Waals surface area contributed by atoms with E-state index in [1.165, 1.54) is 16.7 Å². The largest absolute Gasteiger partial charge is 0.0727 e. The average Bonchev–Trinajstić information content (AvgIpc) is 2.49. The van der Waals surface area contributed by atoms with Gasteiger partial charge in [-0.3, -0.25) is 0 Å². The fraction of sp³-hybridized carbons (Fsp3) is 0.231. The van der Waals surface area contributed by atoms with Crippen molar-refractivity contribution < 1.29 is 0 Å². The van der Waals surface area contributed by atoms with Crippen LogP contribution in [0.2, 0.25) is 0 Å². The lowest BCUT2D eigenvalue weighted by Crippen LogP contribution is -1.93. The molecule has 0 amide bonds. The molecule has 66 valence electrons. The summed E-state index contributed by atoms with van der Waals surface area (Å²) in [6.45, 7) is 4.39. The van der Waals surface area contributed by atoms with Crippen LogP contribution in [-0.2, 0) is 0 Å². The van der Waals surface area contributed by atoms with Crippen molar-refractivity contribution >= 4 is 0 Å². The Bertz CT molecular complexity index is 355. The third kappa shape index (κ3) is 1.44. The first-order chi connectivity index (χ1) is 6.29. The van der Waals surface area contributed by atoms with Gasteiger partial charge in [-0.15, -0.1) is 0 Å². The van der Waals surface area contributed by atoms with Crippen molar-refractivity contribution in [2.75, 3.05) is 0 Å². The van der Waals surface area contributed by atoms with Crippen molar-refractivity contribution in [1.82, 2.24) is 0 Å². The number of hydrogen-bond donors (Lipinski definition) is 0. The van der Waals surface area contributed by atoms with E-state index < -0.39 is 0 Å². The smallest absolute Gasteiger partial charge is 0.0234 e. The zero-order chi connectivity index (χ0) is 9.26. The van der Waals surface area contributed by atoms with Gasteiger partial charge in [-0.25, -0.2) is 0 Å². The highest BCUT2D eigenvalue weighted by Crippen LogP contribution is 2.32. The summed E-state index contributed by atoms with van der Waals surface area (Å²) in [6.07, 6.45) is 4.49. The molecule has 13 heavy (non-hydrogen) atoms. The van der Waals surface area contributed by atoms with Gasteiger partial charge in [-0.1, -0.05) is 53.6 Å². The molecule has 2 rings (SSSR count). The first kappa shape index (κ1) is 8.31. The van der Waals surface area contributed by atoms with Crippen LogP contribution < -0.4 is 0 Å². The molecule has 1 aromatic carbocycles. The maximum Gasteiger partial charge on any atom is 0.0234 e. The van der Waals surface area contributed by atoms with Gasteiger partial charge in [0.05, 0.1) is 0 Å². The van der Waals surface area contributed by atoms with E-state index in [1.807, 2.05) is 0 Å². The molecule has 1 aliphatic carbocycles. The molecular weight excluding hydrogens is 156 g/mol. The van der Waals surface area contributed by atoms with Crippen LogP contribution in [0.3, 0.4) is 0 Å². The molecule has 0 saturated heterocycles. The lowest BCUT2D eigenvalue weighted by atomic mass is 9.94. The minimum atomic E-state index is 0.515. The van der Waals surface area contributed by atoms with Gasteiger partial charge >= 0.3 is 0 Å². The summed E-state index contributed by atoms with van der Waals surface area (Å²) in [5, 5.41) is 0. The summed E-state index contributed by atoms with van der Waals surface area (Å²) < 4.78 is 0. The molecule has 0 saturated carbocycles. The van der Waals surface area contributed by atoms with Crippen LogP contribution in [-0.4, -0.2) is 0 Å². The Hall–Kier alpha value is -1.30. The van der Waals surface area contributed by atoms with Crippen LogP contribution in [0.5, 0.6) is 0 Å². The van der Waals surface area contributed by atoms with Crippen LogP contribution in [0, 0.1) is 0 Å². The molecule has 0 aliphatic heterocycles. The number of rotatable bonds is 1. The highest BCUT2D eigenvalue weighted by Gasteiger charge is 2.15. The Balaban J connectivity index is 2.36. The van der Waals surface area contributed by atoms with Gasteiger partial charge in [-0.2, -0.15) is 0 Å². The zero-order valence-corrected chi connectivity index (χ0v) is 8.12. The lowest BCUT2D eigenvalue weighted by Gasteiger charge is -2.10. The predicted octanol–water partition coefficient (Wildman–Crippen LogP) is 3.68. The van der Waals surface area contributed by atoms with Gasteiger partial charge in [0.15, 0.2) is 0 Å². The lowest BCUT2D eigenvalue weighted by molar-refractivity contribution is 1.00. The summed E-state index contributed by atoms with van der Waals surface area (Å²) in [7, 11) is 0. The maximum absolute atomic E-state index is 2.28. The van der Waals surface area contributed by atoms with Crippen molar-refractivity contribution in [2.24, 2.45) is 0 Å². The summed E-state index contributed by atoms with van der Waals surface area (Å²) >= 11 is 0. The molecule has 1 unspecified atom stereocenters. The second-order valence-electron chi connectivity index (χ2n) is 3.61. The number of benzene rings is 1. The fourth-order valence-corrected chi connectivity index (χ4v) is 1.78. The molecule has 0 fully saturated rings. The fourth-order valence-electron chi connectivity index (χ4n) is 1.78. The van der Waals surface area contributed by atoms with Crippen molar-refractivity contribution in [1.29, 1.82) is 0 Å². The number of hydrogen-bond acceptors (Lipinski definition) is 0. The van der Waals surface area contributed by atoms with Gasteiger partial charge in [0.2, 0.25) is 0 Å². The summed E-state index contributed by atoms with van der Waals surface area (Å²) in [6, 6.07) is 10.6. The third-order valence-corrected chi connectivity index (χ3v) is 2.79. The normalized spacial score (nSPS) is 21.2. The Morgan fingerprint density at radius 2 is 1.69 bits per heavy atom. The summed E-state index contributed by atoms with van der Waals surface area (Å²) in [4.78, 5) is 0. The van der Waals surface area contributed by atoms with Crippen molar-refractivity contribution in [3.8, 4) is 0 Å². The first-order valence-corrected chi connectivity index (χ1v) is 4.69. The van der Waals surface area contributed by atoms with Gasteiger partial charge in [0.1, 0.15) is 0 Å². The Labute approximate surface area is 79.6 Å². The standard InChI is InChI=1S/C13H14/c1-10-8-9-13(11(10)2)12-6-4-3-5-7-12/h3-9,13H,1-2H3. The Morgan fingerprint density at radius 3 is 2.23 bits per heavy atom. The molecule has 0 nitrogen and oxygen atoms in total. The molecule has 0 radical (unpaired) electrons. The molecule has 0 aromatic heterocycles. The van der Waals surface area contributed by atoms with Crippen LogP contribution in [0.25, 0.3) is 0 Å². The second kappa shape index (κ2) is 3.21. The molecule has 0 bridgehead atoms. The molecule has 0 spiro atoms. The maximum atomic E-state index is 2.28. The highest BCUT2D eigenvalue weighted by molar-refractivity contribution is 5.44. The van der Waals surface area contributed by atoms with Gasteiger partial charge in [0.25, 0.3) is 0 Å². The summed E-state index contributed by atoms with van der Waals surface area (Å²) in [5.74, 6) is 0.515. The monoisotopic (exact) mass is 170 g/mol. The molecule has 1 atom stereocenters. The Kier molecular flexibility index (Phi) is 2.05. The van der Waals surface area contributed by atoms with E-state index in [-0.39, 0.29) is 0 Å². The quantitative estimate of drug-likeness (QED) is 0.603. The van der Waals surface area contributed by atoms with Crippen molar-refractivity contribution in [3.05, 3.63) is 59.2 Å². The highest BCUT2D eigenvalue weighted by atomic mass is 14.2. The van der Waals surface area contributed by atoms with Crippen LogP contribution in [0.15, 0.2) is 53.6 Å². The summed E-state index contributed by atoms with van der Waals surface area (Å²) in [5.41, 5.74) is 4.29. The van der Waals surface area contributed by atoms with Crippen LogP contribution in [0.1, 0.15) is 25.3 Å². The molecule has 0 heteroatoms. The Morgan fingerprint density at radius 1 is 1.00 bits per heavy atom. The minimum absolute atomic E-state index is 0.515. The second-order valence-corrected chi connectivity index (χ2v) is 3.61. The molecule has 1 aromatic rings. The third-order valence-electron chi connectivity index (χ3n) is 2.79. The average molecular weight is 170 g/mol. The zero-order valence-electron chi connectivity index (χ0n) is 8.12. The van der Waals surface area contributed by atoms with E-state index in [9.17, 15) is 0 Å². The van der Waals surface area contributed by atoms with Crippen molar-refractivity contribution in [3.63, 3.8) is 0 Å². The van der Waals surface area contributed by atoms with E-state index in [1.54, 1.807) is 0 Å².